The van der Waals surface area contributed by atoms with E-state index in [1.165, 1.54) is 44.9 Å². The predicted molar refractivity (Wildman–Crippen MR) is 90.8 cm³/mol. The molecule has 0 aromatic rings. The van der Waals surface area contributed by atoms with E-state index >= 15 is 0 Å². The van der Waals surface area contributed by atoms with Gasteiger partial charge in [0.2, 0.25) is 0 Å². The Balaban J connectivity index is 2.03. The average molecular weight is 310 g/mol. The molecule has 2 fully saturated rings. The van der Waals surface area contributed by atoms with Gasteiger partial charge in [-0.1, -0.05) is 50.1 Å². The SMILES string of the molecule is CC1CN(C2CCCCCCCCCCC2=NO)CC(C)O1. The molecule has 22 heavy (non-hydrogen) atoms. The van der Waals surface area contributed by atoms with Gasteiger partial charge in [-0.25, -0.2) is 0 Å². The zero-order chi connectivity index (χ0) is 15.8. The van der Waals surface area contributed by atoms with E-state index in [0.29, 0.717) is 6.04 Å². The van der Waals surface area contributed by atoms with E-state index < -0.39 is 0 Å². The van der Waals surface area contributed by atoms with Crippen LogP contribution in [0, 0.1) is 0 Å². The predicted octanol–water partition coefficient (Wildman–Crippen LogP) is 4.21. The molecule has 0 bridgehead atoms. The Morgan fingerprint density at radius 1 is 0.909 bits per heavy atom. The summed E-state index contributed by atoms with van der Waals surface area (Å²) in [6.45, 7) is 6.20. The van der Waals surface area contributed by atoms with Crippen molar-refractivity contribution in [3.8, 4) is 0 Å². The lowest BCUT2D eigenvalue weighted by molar-refractivity contribution is -0.0745. The van der Waals surface area contributed by atoms with E-state index in [0.717, 1.165) is 38.1 Å². The van der Waals surface area contributed by atoms with Crippen molar-refractivity contribution in [2.45, 2.75) is 96.3 Å². The van der Waals surface area contributed by atoms with Crippen molar-refractivity contribution in [1.29, 1.82) is 0 Å². The summed E-state index contributed by atoms with van der Waals surface area (Å²) in [6, 6.07) is 0.304. The topological polar surface area (TPSA) is 45.1 Å². The lowest BCUT2D eigenvalue weighted by Gasteiger charge is -2.40. The summed E-state index contributed by atoms with van der Waals surface area (Å²) in [7, 11) is 0. The minimum atomic E-state index is 0.269. The van der Waals surface area contributed by atoms with E-state index in [9.17, 15) is 5.21 Å². The molecule has 0 aromatic carbocycles. The Bertz CT molecular complexity index is 336. The van der Waals surface area contributed by atoms with Gasteiger partial charge >= 0.3 is 0 Å². The molecule has 2 rings (SSSR count). The van der Waals surface area contributed by atoms with Crippen molar-refractivity contribution < 1.29 is 9.94 Å². The molecule has 2 aliphatic rings. The summed E-state index contributed by atoms with van der Waals surface area (Å²) in [4.78, 5) is 2.50. The minimum Gasteiger partial charge on any atom is -0.411 e. The van der Waals surface area contributed by atoms with Crippen molar-refractivity contribution in [2.75, 3.05) is 13.1 Å². The molecule has 1 aliphatic carbocycles. The smallest absolute Gasteiger partial charge is 0.0742 e. The Kier molecular flexibility index (Phi) is 7.67. The quantitative estimate of drug-likeness (QED) is 0.583. The third-order valence-corrected chi connectivity index (χ3v) is 5.06. The highest BCUT2D eigenvalue weighted by Crippen LogP contribution is 2.22. The fourth-order valence-corrected chi connectivity index (χ4v) is 4.02. The summed E-state index contributed by atoms with van der Waals surface area (Å²) in [5.74, 6) is 0. The van der Waals surface area contributed by atoms with Crippen LogP contribution in [0.25, 0.3) is 0 Å². The molecular weight excluding hydrogens is 276 g/mol. The number of morpholine rings is 1. The van der Waals surface area contributed by atoms with E-state index in [1.807, 2.05) is 0 Å². The van der Waals surface area contributed by atoms with Crippen molar-refractivity contribution in [3.63, 3.8) is 0 Å². The zero-order valence-corrected chi connectivity index (χ0v) is 14.5. The third-order valence-electron chi connectivity index (χ3n) is 5.06. The Morgan fingerprint density at radius 3 is 2.05 bits per heavy atom. The van der Waals surface area contributed by atoms with Gasteiger partial charge in [-0.3, -0.25) is 4.90 Å². The molecule has 4 heteroatoms. The third kappa shape index (κ3) is 5.54. The van der Waals surface area contributed by atoms with Crippen LogP contribution < -0.4 is 0 Å². The number of hydrogen-bond donors (Lipinski definition) is 1. The van der Waals surface area contributed by atoms with Gasteiger partial charge in [-0.2, -0.15) is 0 Å². The van der Waals surface area contributed by atoms with Gasteiger partial charge in [0, 0.05) is 13.1 Å². The largest absolute Gasteiger partial charge is 0.411 e. The van der Waals surface area contributed by atoms with Crippen LogP contribution in [-0.2, 0) is 4.74 Å². The second kappa shape index (κ2) is 9.51. The summed E-state index contributed by atoms with van der Waals surface area (Å²) in [5, 5.41) is 13.3. The van der Waals surface area contributed by atoms with Gasteiger partial charge in [-0.05, 0) is 33.1 Å². The highest BCUT2D eigenvalue weighted by atomic mass is 16.5. The Hall–Kier alpha value is -0.610. The van der Waals surface area contributed by atoms with Gasteiger partial charge in [0.05, 0.1) is 24.0 Å². The average Bonchev–Trinajstić information content (AvgIpc) is 2.46. The maximum absolute atomic E-state index is 9.56. The van der Waals surface area contributed by atoms with Crippen LogP contribution in [0.1, 0.15) is 78.1 Å². The standard InChI is InChI=1S/C18H34N2O2/c1-15-13-20(14-16(2)22-15)18-12-10-8-6-4-3-5-7-9-11-17(18)19-21/h15-16,18,21H,3-14H2,1-2H3. The highest BCUT2D eigenvalue weighted by Gasteiger charge is 2.30. The van der Waals surface area contributed by atoms with E-state index in [4.69, 9.17) is 4.74 Å². The summed E-state index contributed by atoms with van der Waals surface area (Å²) >= 11 is 0. The normalized spacial score (nSPS) is 35.7. The number of ether oxygens (including phenoxy) is 1. The molecule has 128 valence electrons. The summed E-state index contributed by atoms with van der Waals surface area (Å²) in [5.41, 5.74) is 1.00. The van der Waals surface area contributed by atoms with Crippen molar-refractivity contribution >= 4 is 5.71 Å². The minimum absolute atomic E-state index is 0.269. The van der Waals surface area contributed by atoms with Crippen LogP contribution in [0.15, 0.2) is 5.16 Å². The van der Waals surface area contributed by atoms with Gasteiger partial charge in [0.25, 0.3) is 0 Å². The Morgan fingerprint density at radius 2 is 1.45 bits per heavy atom. The first-order valence-electron chi connectivity index (χ1n) is 9.31. The van der Waals surface area contributed by atoms with Crippen LogP contribution >= 0.6 is 0 Å². The molecule has 1 N–H and O–H groups in total. The molecule has 0 aromatic heterocycles. The van der Waals surface area contributed by atoms with Crippen LogP contribution in [0.3, 0.4) is 0 Å². The number of oxime groups is 1. The van der Waals surface area contributed by atoms with Crippen molar-refractivity contribution in [2.24, 2.45) is 5.16 Å². The molecule has 1 saturated heterocycles. The zero-order valence-electron chi connectivity index (χ0n) is 14.5. The fourth-order valence-electron chi connectivity index (χ4n) is 4.02. The molecule has 1 aliphatic heterocycles. The van der Waals surface area contributed by atoms with E-state index in [1.54, 1.807) is 0 Å². The van der Waals surface area contributed by atoms with E-state index in [2.05, 4.69) is 23.9 Å². The Labute approximate surface area is 135 Å². The highest BCUT2D eigenvalue weighted by molar-refractivity contribution is 5.89. The van der Waals surface area contributed by atoms with Crippen LogP contribution in [0.2, 0.25) is 0 Å². The summed E-state index contributed by atoms with van der Waals surface area (Å²) < 4.78 is 5.87. The number of rotatable bonds is 1. The maximum atomic E-state index is 9.56. The van der Waals surface area contributed by atoms with Crippen molar-refractivity contribution in [3.05, 3.63) is 0 Å². The molecule has 0 amide bonds. The van der Waals surface area contributed by atoms with Crippen LogP contribution in [0.5, 0.6) is 0 Å². The molecule has 0 spiro atoms. The molecule has 3 atom stereocenters. The first-order valence-corrected chi connectivity index (χ1v) is 9.31. The second-order valence-electron chi connectivity index (χ2n) is 7.19. The second-order valence-corrected chi connectivity index (χ2v) is 7.19. The monoisotopic (exact) mass is 310 g/mol. The summed E-state index contributed by atoms with van der Waals surface area (Å²) in [6.07, 6.45) is 13.0. The van der Waals surface area contributed by atoms with Gasteiger partial charge in [0.15, 0.2) is 0 Å². The van der Waals surface area contributed by atoms with Gasteiger partial charge in [-0.15, -0.1) is 0 Å². The molecule has 1 saturated carbocycles. The molecule has 1 heterocycles. The maximum Gasteiger partial charge on any atom is 0.0742 e. The lowest BCUT2D eigenvalue weighted by Crippen LogP contribution is -2.52. The molecular formula is C18H34N2O2. The number of nitrogens with zero attached hydrogens (tertiary/aromatic N) is 2. The van der Waals surface area contributed by atoms with Crippen LogP contribution in [0.4, 0.5) is 0 Å². The number of hydrogen-bond acceptors (Lipinski definition) is 4. The molecule has 4 nitrogen and oxygen atoms in total. The van der Waals surface area contributed by atoms with Gasteiger partial charge in [0.1, 0.15) is 0 Å². The molecule has 3 unspecified atom stereocenters. The molecule has 0 radical (unpaired) electrons. The first-order chi connectivity index (χ1) is 10.7. The van der Waals surface area contributed by atoms with Crippen molar-refractivity contribution in [1.82, 2.24) is 4.90 Å². The lowest BCUT2D eigenvalue weighted by atomic mass is 9.94. The first kappa shape index (κ1) is 17.7. The van der Waals surface area contributed by atoms with Crippen LogP contribution in [-0.4, -0.2) is 47.2 Å². The fraction of sp³-hybridized carbons (Fsp3) is 0.944. The van der Waals surface area contributed by atoms with Gasteiger partial charge < -0.3 is 9.94 Å². The van der Waals surface area contributed by atoms with E-state index in [-0.39, 0.29) is 12.2 Å².